The zero-order chi connectivity index (χ0) is 18.5. The molecular weight excluding hydrogens is 344 g/mol. The van der Waals surface area contributed by atoms with Gasteiger partial charge in [0.1, 0.15) is 0 Å². The summed E-state index contributed by atoms with van der Waals surface area (Å²) in [5.74, 6) is 0.0667. The first-order chi connectivity index (χ1) is 12.6. The molecule has 1 atom stereocenters. The molecule has 0 N–H and O–H groups in total. The molecule has 4 nitrogen and oxygen atoms in total. The lowest BCUT2D eigenvalue weighted by molar-refractivity contribution is -0.136. The minimum atomic E-state index is -0.194. The maximum Gasteiger partial charge on any atom is 0.225 e. The quantitative estimate of drug-likeness (QED) is 0.728. The van der Waals surface area contributed by atoms with E-state index in [1.807, 2.05) is 45.5 Å². The number of fused-ring (bicyclic) bond motifs is 1. The molecule has 2 aromatic rings. The van der Waals surface area contributed by atoms with Gasteiger partial charge in [-0.3, -0.25) is 9.59 Å². The first-order valence-corrected chi connectivity index (χ1v) is 9.74. The van der Waals surface area contributed by atoms with Crippen LogP contribution in [0.1, 0.15) is 35.4 Å². The molecule has 0 fully saturated rings. The van der Waals surface area contributed by atoms with Gasteiger partial charge < -0.3 is 9.80 Å². The number of hydrogen-bond donors (Lipinski definition) is 0. The van der Waals surface area contributed by atoms with E-state index in [-0.39, 0.29) is 17.9 Å². The molecule has 26 heavy (non-hydrogen) atoms. The SMILES string of the molecule is C=CCN(Cc1cccs1)C(=O)CC1c2ccccc2CCN1C(C)=O. The summed E-state index contributed by atoms with van der Waals surface area (Å²) in [7, 11) is 0. The van der Waals surface area contributed by atoms with E-state index < -0.39 is 0 Å². The lowest BCUT2D eigenvalue weighted by Gasteiger charge is -2.37. The van der Waals surface area contributed by atoms with Crippen LogP contribution in [0.25, 0.3) is 0 Å². The molecule has 136 valence electrons. The predicted octanol–water partition coefficient (Wildman–Crippen LogP) is 3.80. The van der Waals surface area contributed by atoms with Crippen molar-refractivity contribution in [2.24, 2.45) is 0 Å². The van der Waals surface area contributed by atoms with Gasteiger partial charge in [0.25, 0.3) is 0 Å². The van der Waals surface area contributed by atoms with Crippen LogP contribution in [0.4, 0.5) is 0 Å². The Morgan fingerprint density at radius 2 is 2.12 bits per heavy atom. The Balaban J connectivity index is 1.82. The summed E-state index contributed by atoms with van der Waals surface area (Å²) < 4.78 is 0. The minimum Gasteiger partial charge on any atom is -0.335 e. The van der Waals surface area contributed by atoms with Gasteiger partial charge in [-0.05, 0) is 29.0 Å². The molecule has 0 aliphatic carbocycles. The molecule has 1 aromatic carbocycles. The van der Waals surface area contributed by atoms with E-state index in [0.717, 1.165) is 16.9 Å². The average molecular weight is 369 g/mol. The second-order valence-corrected chi connectivity index (χ2v) is 7.56. The molecule has 3 rings (SSSR count). The molecule has 1 unspecified atom stereocenters. The Kier molecular flexibility index (Phi) is 5.89. The number of benzene rings is 1. The Bertz CT molecular complexity index is 785. The molecule has 0 bridgehead atoms. The van der Waals surface area contributed by atoms with Crippen molar-refractivity contribution < 1.29 is 9.59 Å². The van der Waals surface area contributed by atoms with Gasteiger partial charge in [-0.25, -0.2) is 0 Å². The van der Waals surface area contributed by atoms with E-state index >= 15 is 0 Å². The lowest BCUT2D eigenvalue weighted by Crippen LogP contribution is -2.42. The molecule has 1 aliphatic rings. The fourth-order valence-corrected chi connectivity index (χ4v) is 4.26. The molecule has 5 heteroatoms. The highest BCUT2D eigenvalue weighted by atomic mass is 32.1. The smallest absolute Gasteiger partial charge is 0.225 e. The molecule has 1 aromatic heterocycles. The van der Waals surface area contributed by atoms with Crippen LogP contribution in [-0.4, -0.2) is 34.7 Å². The largest absolute Gasteiger partial charge is 0.335 e. The van der Waals surface area contributed by atoms with Crippen LogP contribution in [0.5, 0.6) is 0 Å². The number of thiophene rings is 1. The van der Waals surface area contributed by atoms with E-state index in [4.69, 9.17) is 0 Å². The predicted molar refractivity (Wildman–Crippen MR) is 105 cm³/mol. The van der Waals surface area contributed by atoms with Crippen LogP contribution >= 0.6 is 11.3 Å². The van der Waals surface area contributed by atoms with Crippen molar-refractivity contribution in [1.82, 2.24) is 9.80 Å². The van der Waals surface area contributed by atoms with Crippen molar-refractivity contribution in [3.05, 3.63) is 70.4 Å². The van der Waals surface area contributed by atoms with Crippen molar-refractivity contribution in [3.8, 4) is 0 Å². The third-order valence-electron chi connectivity index (χ3n) is 4.81. The summed E-state index contributed by atoms with van der Waals surface area (Å²) in [4.78, 5) is 30.0. The van der Waals surface area contributed by atoms with E-state index in [9.17, 15) is 9.59 Å². The molecule has 0 saturated carbocycles. The summed E-state index contributed by atoms with van der Waals surface area (Å²) in [6.45, 7) is 7.11. The van der Waals surface area contributed by atoms with Crippen LogP contribution in [-0.2, 0) is 22.6 Å². The Morgan fingerprint density at radius 1 is 1.31 bits per heavy atom. The number of carbonyl (C=O) groups excluding carboxylic acids is 2. The first kappa shape index (κ1) is 18.4. The number of carbonyl (C=O) groups is 2. The van der Waals surface area contributed by atoms with Crippen molar-refractivity contribution in [1.29, 1.82) is 0 Å². The van der Waals surface area contributed by atoms with Gasteiger partial charge in [0.15, 0.2) is 0 Å². The van der Waals surface area contributed by atoms with E-state index in [2.05, 4.69) is 12.6 Å². The van der Waals surface area contributed by atoms with E-state index in [1.54, 1.807) is 24.3 Å². The zero-order valence-electron chi connectivity index (χ0n) is 15.1. The minimum absolute atomic E-state index is 0.0193. The van der Waals surface area contributed by atoms with Crippen molar-refractivity contribution in [3.63, 3.8) is 0 Å². The van der Waals surface area contributed by atoms with Crippen LogP contribution in [0.3, 0.4) is 0 Å². The van der Waals surface area contributed by atoms with Crippen molar-refractivity contribution in [2.75, 3.05) is 13.1 Å². The fraction of sp³-hybridized carbons (Fsp3) is 0.333. The summed E-state index contributed by atoms with van der Waals surface area (Å²) in [5.41, 5.74) is 2.33. The van der Waals surface area contributed by atoms with Crippen molar-refractivity contribution >= 4 is 23.2 Å². The summed E-state index contributed by atoms with van der Waals surface area (Å²) >= 11 is 1.64. The standard InChI is InChI=1S/C21H24N2O2S/c1-3-11-22(15-18-8-6-13-26-18)21(25)14-20-19-9-5-4-7-17(19)10-12-23(20)16(2)24/h3-9,13,20H,1,10-12,14-15H2,2H3. The molecular formula is C21H24N2O2S. The molecule has 0 spiro atoms. The number of hydrogen-bond acceptors (Lipinski definition) is 3. The highest BCUT2D eigenvalue weighted by Crippen LogP contribution is 2.33. The topological polar surface area (TPSA) is 40.6 Å². The molecule has 1 aliphatic heterocycles. The lowest BCUT2D eigenvalue weighted by atomic mass is 9.90. The van der Waals surface area contributed by atoms with Gasteiger partial charge >= 0.3 is 0 Å². The monoisotopic (exact) mass is 368 g/mol. The number of amides is 2. The van der Waals surface area contributed by atoms with Gasteiger partial charge in [0.2, 0.25) is 11.8 Å². The van der Waals surface area contributed by atoms with Crippen LogP contribution in [0.15, 0.2) is 54.4 Å². The van der Waals surface area contributed by atoms with Crippen molar-refractivity contribution in [2.45, 2.75) is 32.4 Å². The third kappa shape index (κ3) is 4.05. The first-order valence-electron chi connectivity index (χ1n) is 8.86. The van der Waals surface area contributed by atoms with E-state index in [1.165, 1.54) is 5.56 Å². The van der Waals surface area contributed by atoms with Gasteiger partial charge in [-0.15, -0.1) is 17.9 Å². The number of nitrogens with zero attached hydrogens (tertiary/aromatic N) is 2. The van der Waals surface area contributed by atoms with Gasteiger partial charge in [0.05, 0.1) is 19.0 Å². The fourth-order valence-electron chi connectivity index (χ4n) is 3.54. The highest BCUT2D eigenvalue weighted by Gasteiger charge is 2.31. The van der Waals surface area contributed by atoms with Crippen LogP contribution < -0.4 is 0 Å². The summed E-state index contributed by atoms with van der Waals surface area (Å²) in [6.07, 6.45) is 2.89. The third-order valence-corrected chi connectivity index (χ3v) is 5.67. The Hall–Kier alpha value is -2.40. The molecule has 0 radical (unpaired) electrons. The maximum absolute atomic E-state index is 13.1. The second-order valence-electron chi connectivity index (χ2n) is 6.52. The van der Waals surface area contributed by atoms with Gasteiger partial charge in [-0.2, -0.15) is 0 Å². The maximum atomic E-state index is 13.1. The Morgan fingerprint density at radius 3 is 2.81 bits per heavy atom. The zero-order valence-corrected chi connectivity index (χ0v) is 15.9. The summed E-state index contributed by atoms with van der Waals surface area (Å²) in [5, 5.41) is 2.01. The van der Waals surface area contributed by atoms with Gasteiger partial charge in [-0.1, -0.05) is 36.4 Å². The van der Waals surface area contributed by atoms with E-state index in [0.29, 0.717) is 26.1 Å². The normalized spacial score (nSPS) is 16.0. The van der Waals surface area contributed by atoms with Crippen LogP contribution in [0, 0.1) is 0 Å². The van der Waals surface area contributed by atoms with Crippen LogP contribution in [0.2, 0.25) is 0 Å². The highest BCUT2D eigenvalue weighted by molar-refractivity contribution is 7.09. The molecule has 2 heterocycles. The number of rotatable bonds is 6. The Labute approximate surface area is 158 Å². The average Bonchev–Trinajstić information content (AvgIpc) is 3.14. The summed E-state index contributed by atoms with van der Waals surface area (Å²) in [6, 6.07) is 12.0. The molecule has 2 amide bonds. The van der Waals surface area contributed by atoms with Gasteiger partial charge in [0, 0.05) is 24.9 Å². The molecule has 0 saturated heterocycles. The second kappa shape index (κ2) is 8.32.